The van der Waals surface area contributed by atoms with E-state index < -0.39 is 5.54 Å². The van der Waals surface area contributed by atoms with Crippen molar-refractivity contribution in [3.63, 3.8) is 0 Å². The highest BCUT2D eigenvalue weighted by Gasteiger charge is 2.43. The number of carbonyl (C=O) groups is 1. The quantitative estimate of drug-likeness (QED) is 0.818. The van der Waals surface area contributed by atoms with Crippen LogP contribution in [0.15, 0.2) is 24.3 Å². The fraction of sp³-hybridized carbons (Fsp3) is 0.556. The summed E-state index contributed by atoms with van der Waals surface area (Å²) < 4.78 is 13.8. The molecule has 1 atom stereocenters. The maximum Gasteiger partial charge on any atom is 0.276 e. The lowest BCUT2D eigenvalue weighted by atomic mass is 9.98. The number of para-hydroxylation sites is 1. The predicted molar refractivity (Wildman–Crippen MR) is 89.1 cm³/mol. The Morgan fingerprint density at radius 3 is 2.67 bits per heavy atom. The van der Waals surface area contributed by atoms with Gasteiger partial charge in [-0.3, -0.25) is 4.79 Å². The maximum absolute atomic E-state index is 13.8. The summed E-state index contributed by atoms with van der Waals surface area (Å²) in [5, 5.41) is 12.2. The number of rotatable bonds is 5. The van der Waals surface area contributed by atoms with Crippen LogP contribution < -0.4 is 15.1 Å². The van der Waals surface area contributed by atoms with Gasteiger partial charge in [-0.15, -0.1) is 0 Å². The fourth-order valence-corrected chi connectivity index (χ4v) is 3.39. The molecule has 24 heavy (non-hydrogen) atoms. The largest absolute Gasteiger partial charge is 0.358 e. The Labute approximate surface area is 142 Å². The third-order valence-electron chi connectivity index (χ3n) is 5.10. The van der Waals surface area contributed by atoms with Crippen molar-refractivity contribution >= 4 is 11.6 Å². The zero-order valence-corrected chi connectivity index (χ0v) is 14.0. The number of nitriles is 1. The van der Waals surface area contributed by atoms with Gasteiger partial charge in [0.2, 0.25) is 0 Å². The fourth-order valence-electron chi connectivity index (χ4n) is 3.39. The molecule has 1 amide bonds. The Kier molecular flexibility index (Phi) is 4.72. The highest BCUT2D eigenvalue weighted by molar-refractivity contribution is 5.78. The minimum atomic E-state index is -0.731. The van der Waals surface area contributed by atoms with Gasteiger partial charge < -0.3 is 15.1 Å². The molecule has 1 aromatic rings. The molecule has 2 fully saturated rings. The first kappa shape index (κ1) is 16.7. The molecule has 0 aromatic heterocycles. The summed E-state index contributed by atoms with van der Waals surface area (Å²) in [7, 11) is 0. The minimum Gasteiger partial charge on any atom is -0.358 e. The molecule has 0 radical (unpaired) electrons. The van der Waals surface area contributed by atoms with Gasteiger partial charge in [-0.25, -0.2) is 4.39 Å². The number of carbonyl (C=O) groups excluding carboxylic acids is 1. The summed E-state index contributed by atoms with van der Waals surface area (Å²) in [6.45, 7) is 5.20. The van der Waals surface area contributed by atoms with Gasteiger partial charge in [0.05, 0.1) is 37.9 Å². The third kappa shape index (κ3) is 3.68. The van der Waals surface area contributed by atoms with Crippen LogP contribution in [-0.4, -0.2) is 44.2 Å². The van der Waals surface area contributed by atoms with E-state index in [1.807, 2.05) is 17.9 Å². The van der Waals surface area contributed by atoms with E-state index in [-0.39, 0.29) is 11.7 Å². The van der Waals surface area contributed by atoms with Gasteiger partial charge in [0.25, 0.3) is 5.91 Å². The summed E-state index contributed by atoms with van der Waals surface area (Å²) in [5.41, 5.74) is -0.0994. The van der Waals surface area contributed by atoms with E-state index >= 15 is 0 Å². The van der Waals surface area contributed by atoms with Crippen LogP contribution in [0.4, 0.5) is 10.1 Å². The Bertz CT molecular complexity index is 647. The second-order valence-corrected chi connectivity index (χ2v) is 7.00. The van der Waals surface area contributed by atoms with Crippen LogP contribution in [0.1, 0.15) is 19.8 Å². The molecule has 0 bridgehead atoms. The molecule has 5 nitrogen and oxygen atoms in total. The van der Waals surface area contributed by atoms with E-state index in [2.05, 4.69) is 11.4 Å². The lowest BCUT2D eigenvalue weighted by Gasteiger charge is -2.34. The van der Waals surface area contributed by atoms with E-state index in [1.165, 1.54) is 11.0 Å². The number of halogens is 1. The number of nitrogens with zero attached hydrogens (tertiary/aromatic N) is 2. The highest BCUT2D eigenvalue weighted by Crippen LogP contribution is 2.39. The average Bonchev–Trinajstić information content (AvgIpc) is 3.41. The first-order valence-corrected chi connectivity index (χ1v) is 8.57. The summed E-state index contributed by atoms with van der Waals surface area (Å²) >= 11 is 0. The minimum absolute atomic E-state index is 0.0692. The standard InChI is InChI=1S/C18H23FN4O/c1-18(13-20,14-6-7-14)21-17(24)12-22-8-10-23(11-9-22)16-5-3-2-4-15(16)19/h2-5,14H,6-12H2,1H3,(H,21,24)/p+1/t18-/m0/s1. The lowest BCUT2D eigenvalue weighted by Crippen LogP contribution is -3.16. The first-order valence-electron chi connectivity index (χ1n) is 8.57. The second-order valence-electron chi connectivity index (χ2n) is 7.00. The summed E-state index contributed by atoms with van der Waals surface area (Å²) in [6.07, 6.45) is 2.02. The van der Waals surface area contributed by atoms with Gasteiger partial charge in [-0.2, -0.15) is 5.26 Å². The summed E-state index contributed by atoms with van der Waals surface area (Å²) in [5.74, 6) is 0.0209. The molecule has 1 aromatic carbocycles. The lowest BCUT2D eigenvalue weighted by molar-refractivity contribution is -0.892. The molecule has 1 aliphatic heterocycles. The van der Waals surface area contributed by atoms with Crippen molar-refractivity contribution in [2.75, 3.05) is 37.6 Å². The maximum atomic E-state index is 13.8. The van der Waals surface area contributed by atoms with Crippen LogP contribution in [-0.2, 0) is 4.79 Å². The zero-order chi connectivity index (χ0) is 17.2. The molecular weight excluding hydrogens is 307 g/mol. The van der Waals surface area contributed by atoms with Gasteiger partial charge in [0.15, 0.2) is 6.54 Å². The predicted octanol–water partition coefficient (Wildman–Crippen LogP) is 0.339. The topological polar surface area (TPSA) is 60.6 Å². The van der Waals surface area contributed by atoms with Gasteiger partial charge in [-0.1, -0.05) is 12.1 Å². The average molecular weight is 331 g/mol. The third-order valence-corrected chi connectivity index (χ3v) is 5.10. The molecule has 0 spiro atoms. The molecular formula is C18H24FN4O+. The molecule has 6 heteroatoms. The molecule has 1 saturated heterocycles. The Morgan fingerprint density at radius 2 is 2.08 bits per heavy atom. The van der Waals surface area contributed by atoms with Crippen LogP contribution in [0.2, 0.25) is 0 Å². The molecule has 3 rings (SSSR count). The summed E-state index contributed by atoms with van der Waals surface area (Å²) in [4.78, 5) is 15.5. The Balaban J connectivity index is 1.50. The Morgan fingerprint density at radius 1 is 1.42 bits per heavy atom. The van der Waals surface area contributed by atoms with E-state index in [0.717, 1.165) is 39.0 Å². The van der Waals surface area contributed by atoms with Crippen molar-refractivity contribution < 1.29 is 14.1 Å². The van der Waals surface area contributed by atoms with Crippen molar-refractivity contribution in [3.05, 3.63) is 30.1 Å². The molecule has 1 saturated carbocycles. The number of hydrogen-bond donors (Lipinski definition) is 2. The number of nitrogens with one attached hydrogen (secondary N) is 2. The van der Waals surface area contributed by atoms with Crippen molar-refractivity contribution in [2.24, 2.45) is 5.92 Å². The number of anilines is 1. The van der Waals surface area contributed by atoms with E-state index in [0.29, 0.717) is 18.2 Å². The molecule has 0 unspecified atom stereocenters. The van der Waals surface area contributed by atoms with Crippen LogP contribution >= 0.6 is 0 Å². The summed E-state index contributed by atoms with van der Waals surface area (Å²) in [6, 6.07) is 9.05. The van der Waals surface area contributed by atoms with Crippen molar-refractivity contribution in [1.29, 1.82) is 5.26 Å². The van der Waals surface area contributed by atoms with Crippen LogP contribution in [0.5, 0.6) is 0 Å². The van der Waals surface area contributed by atoms with E-state index in [1.54, 1.807) is 12.1 Å². The van der Waals surface area contributed by atoms with E-state index in [4.69, 9.17) is 0 Å². The number of piperazine rings is 1. The number of amides is 1. The van der Waals surface area contributed by atoms with Crippen molar-refractivity contribution in [3.8, 4) is 6.07 Å². The van der Waals surface area contributed by atoms with Gasteiger partial charge in [-0.05, 0) is 37.8 Å². The first-order chi connectivity index (χ1) is 11.5. The number of quaternary nitrogens is 1. The molecule has 128 valence electrons. The van der Waals surface area contributed by atoms with Crippen molar-refractivity contribution in [1.82, 2.24) is 5.32 Å². The number of benzene rings is 1. The molecule has 2 aliphatic rings. The molecule has 1 heterocycles. The highest BCUT2D eigenvalue weighted by atomic mass is 19.1. The smallest absolute Gasteiger partial charge is 0.276 e. The second kappa shape index (κ2) is 6.78. The normalized spacial score (nSPS) is 21.0. The van der Waals surface area contributed by atoms with Gasteiger partial charge >= 0.3 is 0 Å². The zero-order valence-electron chi connectivity index (χ0n) is 14.0. The SMILES string of the molecule is C[C@@](C#N)(NC(=O)C[NH+]1CCN(c2ccccc2F)CC1)C1CC1. The number of hydrogen-bond acceptors (Lipinski definition) is 3. The van der Waals surface area contributed by atoms with Gasteiger partial charge in [0, 0.05) is 0 Å². The van der Waals surface area contributed by atoms with Gasteiger partial charge in [0.1, 0.15) is 11.4 Å². The van der Waals surface area contributed by atoms with Crippen LogP contribution in [0.3, 0.4) is 0 Å². The molecule has 2 N–H and O–H groups in total. The van der Waals surface area contributed by atoms with Crippen LogP contribution in [0.25, 0.3) is 0 Å². The van der Waals surface area contributed by atoms with Crippen molar-refractivity contribution in [2.45, 2.75) is 25.3 Å². The monoisotopic (exact) mass is 331 g/mol. The van der Waals surface area contributed by atoms with E-state index in [9.17, 15) is 14.4 Å². The Hall–Kier alpha value is -2.13. The van der Waals surface area contributed by atoms with Crippen LogP contribution in [0, 0.1) is 23.1 Å². The molecule has 1 aliphatic carbocycles.